The van der Waals surface area contributed by atoms with Crippen molar-refractivity contribution >= 4 is 10.8 Å². The maximum Gasteiger partial charge on any atom is 0.415 e. The molecular weight excluding hydrogens is 319 g/mol. The quantitative estimate of drug-likeness (QED) is 0.840. The number of morpholine rings is 1. The van der Waals surface area contributed by atoms with Crippen molar-refractivity contribution < 1.29 is 22.6 Å². The summed E-state index contributed by atoms with van der Waals surface area (Å²) in [7, 11) is 0. The minimum atomic E-state index is -4.33. The van der Waals surface area contributed by atoms with Gasteiger partial charge in [0.1, 0.15) is 5.75 Å². The second-order valence-electron chi connectivity index (χ2n) is 5.83. The van der Waals surface area contributed by atoms with E-state index >= 15 is 0 Å². The van der Waals surface area contributed by atoms with Crippen molar-refractivity contribution in [2.45, 2.75) is 25.7 Å². The summed E-state index contributed by atoms with van der Waals surface area (Å²) in [5.41, 5.74) is 0.928. The van der Waals surface area contributed by atoms with Gasteiger partial charge < -0.3 is 9.47 Å². The number of fused-ring (bicyclic) bond motifs is 1. The number of hydrogen-bond acceptors (Lipinski definition) is 3. The molecule has 0 N–H and O–H groups in total. The van der Waals surface area contributed by atoms with Gasteiger partial charge in [0.05, 0.1) is 13.2 Å². The second kappa shape index (κ2) is 6.99. The van der Waals surface area contributed by atoms with Crippen LogP contribution < -0.4 is 4.74 Å². The lowest BCUT2D eigenvalue weighted by molar-refractivity contribution is -0.237. The zero-order valence-corrected chi connectivity index (χ0v) is 13.5. The van der Waals surface area contributed by atoms with Gasteiger partial charge in [-0.2, -0.15) is 13.2 Å². The fourth-order valence-electron chi connectivity index (χ4n) is 3.04. The average Bonchev–Trinajstić information content (AvgIpc) is 2.57. The van der Waals surface area contributed by atoms with Crippen molar-refractivity contribution in [3.05, 3.63) is 42.0 Å². The number of nitrogens with zero attached hydrogens (tertiary/aromatic N) is 1. The number of ether oxygens (including phenoxy) is 2. The van der Waals surface area contributed by atoms with E-state index in [0.717, 1.165) is 22.1 Å². The van der Waals surface area contributed by atoms with Crippen molar-refractivity contribution in [3.63, 3.8) is 0 Å². The van der Waals surface area contributed by atoms with Gasteiger partial charge in [0, 0.05) is 25.2 Å². The maximum atomic E-state index is 12.9. The predicted molar refractivity (Wildman–Crippen MR) is 86.2 cm³/mol. The molecule has 3 rings (SSSR count). The zero-order valence-electron chi connectivity index (χ0n) is 13.5. The molecule has 0 saturated carbocycles. The van der Waals surface area contributed by atoms with Crippen LogP contribution in [0.3, 0.4) is 0 Å². The molecule has 130 valence electrons. The van der Waals surface area contributed by atoms with E-state index in [0.29, 0.717) is 19.7 Å². The monoisotopic (exact) mass is 339 g/mol. The van der Waals surface area contributed by atoms with Crippen molar-refractivity contribution in [1.82, 2.24) is 4.90 Å². The molecule has 24 heavy (non-hydrogen) atoms. The van der Waals surface area contributed by atoms with Crippen LogP contribution >= 0.6 is 0 Å². The van der Waals surface area contributed by atoms with Gasteiger partial charge in [0.25, 0.3) is 0 Å². The SMILES string of the molecule is CCOc1ccc2ccccc2c1CN1CCO[C@@H](C(F)(F)F)C1. The Kier molecular flexibility index (Phi) is 4.96. The molecule has 0 aliphatic carbocycles. The summed E-state index contributed by atoms with van der Waals surface area (Å²) in [4.78, 5) is 1.78. The Balaban J connectivity index is 1.89. The number of alkyl halides is 3. The summed E-state index contributed by atoms with van der Waals surface area (Å²) in [5, 5.41) is 2.06. The molecule has 0 radical (unpaired) electrons. The third kappa shape index (κ3) is 3.65. The van der Waals surface area contributed by atoms with E-state index in [2.05, 4.69) is 0 Å². The summed E-state index contributed by atoms with van der Waals surface area (Å²) in [6, 6.07) is 11.7. The molecule has 1 atom stereocenters. The first-order valence-corrected chi connectivity index (χ1v) is 8.03. The average molecular weight is 339 g/mol. The van der Waals surface area contributed by atoms with Gasteiger partial charge in [-0.25, -0.2) is 0 Å². The summed E-state index contributed by atoms with van der Waals surface area (Å²) in [6.45, 7) is 3.22. The molecule has 1 saturated heterocycles. The van der Waals surface area contributed by atoms with Crippen LogP contribution in [0.15, 0.2) is 36.4 Å². The molecule has 0 unspecified atom stereocenters. The van der Waals surface area contributed by atoms with Crippen LogP contribution in [0.2, 0.25) is 0 Å². The lowest BCUT2D eigenvalue weighted by Gasteiger charge is -2.34. The van der Waals surface area contributed by atoms with E-state index in [4.69, 9.17) is 9.47 Å². The van der Waals surface area contributed by atoms with Crippen molar-refractivity contribution in [2.75, 3.05) is 26.3 Å². The number of benzene rings is 2. The molecule has 0 bridgehead atoms. The van der Waals surface area contributed by atoms with Crippen LogP contribution in [0.1, 0.15) is 12.5 Å². The Morgan fingerprint density at radius 3 is 2.75 bits per heavy atom. The van der Waals surface area contributed by atoms with E-state index in [1.165, 1.54) is 0 Å². The fraction of sp³-hybridized carbons (Fsp3) is 0.444. The second-order valence-corrected chi connectivity index (χ2v) is 5.83. The fourth-order valence-corrected chi connectivity index (χ4v) is 3.04. The maximum absolute atomic E-state index is 12.9. The van der Waals surface area contributed by atoms with Gasteiger partial charge in [-0.1, -0.05) is 30.3 Å². The van der Waals surface area contributed by atoms with Crippen LogP contribution in [0, 0.1) is 0 Å². The van der Waals surface area contributed by atoms with Crippen molar-refractivity contribution in [1.29, 1.82) is 0 Å². The predicted octanol–water partition coefficient (Wildman–Crippen LogP) is 4.00. The van der Waals surface area contributed by atoms with E-state index in [1.54, 1.807) is 4.90 Å². The molecule has 1 aliphatic rings. The van der Waals surface area contributed by atoms with Crippen molar-refractivity contribution in [3.8, 4) is 5.75 Å². The summed E-state index contributed by atoms with van der Waals surface area (Å²) in [6.07, 6.45) is -6.06. The topological polar surface area (TPSA) is 21.7 Å². The lowest BCUT2D eigenvalue weighted by Crippen LogP contribution is -2.48. The molecule has 1 heterocycles. The molecule has 0 spiro atoms. The molecule has 3 nitrogen and oxygen atoms in total. The van der Waals surface area contributed by atoms with Gasteiger partial charge in [0.2, 0.25) is 0 Å². The Morgan fingerprint density at radius 2 is 2.00 bits per heavy atom. The molecule has 1 fully saturated rings. The largest absolute Gasteiger partial charge is 0.494 e. The van der Waals surface area contributed by atoms with Gasteiger partial charge in [-0.05, 0) is 23.8 Å². The van der Waals surface area contributed by atoms with Gasteiger partial charge >= 0.3 is 6.18 Å². The van der Waals surface area contributed by atoms with Gasteiger partial charge in [-0.15, -0.1) is 0 Å². The minimum Gasteiger partial charge on any atom is -0.494 e. The highest BCUT2D eigenvalue weighted by molar-refractivity contribution is 5.87. The normalized spacial score (nSPS) is 19.6. The summed E-state index contributed by atoms with van der Waals surface area (Å²) in [5.74, 6) is 0.728. The lowest BCUT2D eigenvalue weighted by atomic mass is 10.0. The number of halogens is 3. The Morgan fingerprint density at radius 1 is 1.21 bits per heavy atom. The first-order chi connectivity index (χ1) is 11.5. The number of hydrogen-bond donors (Lipinski definition) is 0. The van der Waals surface area contributed by atoms with Crippen LogP contribution in [-0.2, 0) is 11.3 Å². The van der Waals surface area contributed by atoms with Crippen molar-refractivity contribution in [2.24, 2.45) is 0 Å². The third-order valence-corrected chi connectivity index (χ3v) is 4.19. The van der Waals surface area contributed by atoms with Crippen LogP contribution in [0.25, 0.3) is 10.8 Å². The Labute approximate surface area is 139 Å². The Hall–Kier alpha value is -1.79. The summed E-state index contributed by atoms with van der Waals surface area (Å²) >= 11 is 0. The van der Waals surface area contributed by atoms with Crippen LogP contribution in [0.5, 0.6) is 5.75 Å². The first-order valence-electron chi connectivity index (χ1n) is 8.03. The van der Waals surface area contributed by atoms with Crippen LogP contribution in [-0.4, -0.2) is 43.5 Å². The molecular formula is C18H20F3NO2. The summed E-state index contributed by atoms with van der Waals surface area (Å²) < 4.78 is 49.4. The standard InChI is InChI=1S/C18H20F3NO2/c1-2-23-16-8-7-13-5-3-4-6-14(13)15(16)11-22-9-10-24-17(12-22)18(19,20)21/h3-8,17H,2,9-12H2,1H3/t17-/m1/s1. The molecule has 6 heteroatoms. The van der Waals surface area contributed by atoms with Gasteiger partial charge in [-0.3, -0.25) is 4.90 Å². The van der Waals surface area contributed by atoms with Gasteiger partial charge in [0.15, 0.2) is 6.10 Å². The molecule has 2 aromatic rings. The third-order valence-electron chi connectivity index (χ3n) is 4.19. The molecule has 0 aromatic heterocycles. The minimum absolute atomic E-state index is 0.0823. The van der Waals surface area contributed by atoms with E-state index in [-0.39, 0.29) is 13.2 Å². The highest BCUT2D eigenvalue weighted by Crippen LogP contribution is 2.31. The van der Waals surface area contributed by atoms with E-state index < -0.39 is 12.3 Å². The number of rotatable bonds is 4. The zero-order chi connectivity index (χ0) is 17.2. The molecule has 1 aliphatic heterocycles. The van der Waals surface area contributed by atoms with Crippen LogP contribution in [0.4, 0.5) is 13.2 Å². The highest BCUT2D eigenvalue weighted by Gasteiger charge is 2.43. The first kappa shape index (κ1) is 17.0. The highest BCUT2D eigenvalue weighted by atomic mass is 19.4. The molecule has 2 aromatic carbocycles. The molecule has 0 amide bonds. The smallest absolute Gasteiger partial charge is 0.415 e. The van der Waals surface area contributed by atoms with E-state index in [9.17, 15) is 13.2 Å². The van der Waals surface area contributed by atoms with E-state index in [1.807, 2.05) is 43.3 Å². The Bertz CT molecular complexity index is 702.